The summed E-state index contributed by atoms with van der Waals surface area (Å²) in [6.07, 6.45) is -5.68. The van der Waals surface area contributed by atoms with Crippen LogP contribution < -0.4 is 4.84 Å². The molecule has 136 valence electrons. The molecule has 0 aliphatic carbocycles. The maximum absolute atomic E-state index is 11.9. The van der Waals surface area contributed by atoms with Crippen LogP contribution in [0.5, 0.6) is 0 Å². The molecule has 25 heavy (non-hydrogen) atoms. The normalized spacial score (nSPS) is 29.6. The molecule has 0 radical (unpaired) electrons. The van der Waals surface area contributed by atoms with E-state index in [0.29, 0.717) is 10.9 Å². The lowest BCUT2D eigenvalue weighted by Gasteiger charge is -2.39. The predicted octanol–water partition coefficient (Wildman–Crippen LogP) is -1.34. The van der Waals surface area contributed by atoms with Gasteiger partial charge in [0, 0.05) is 5.39 Å². The second-order valence-electron chi connectivity index (χ2n) is 5.68. The number of methoxy groups -OCH3 is 1. The number of carbonyl (C=O) groups is 1. The largest absolute Gasteiger partial charge is 0.465 e. The van der Waals surface area contributed by atoms with Crippen molar-refractivity contribution in [3.8, 4) is 0 Å². The minimum Gasteiger partial charge on any atom is -0.465 e. The van der Waals surface area contributed by atoms with Gasteiger partial charge in [0.2, 0.25) is 0 Å². The summed E-state index contributed by atoms with van der Waals surface area (Å²) in [7, 11) is 1.26. The summed E-state index contributed by atoms with van der Waals surface area (Å²) in [5.41, 5.74) is 0.766. The standard InChI is InChI=1S/C16H19NO8/c1-23-15(22)9-6-17(10-5-3-2-4-8(9)10)25-16-14(21)13(20)12(19)11(7-18)24-16/h2-6,11-14,16,18-21H,7H2,1H3/t11-,12-,13+,14-,16+/m1/s1. The van der Waals surface area contributed by atoms with Crippen molar-refractivity contribution in [3.63, 3.8) is 0 Å². The number of esters is 1. The zero-order valence-corrected chi connectivity index (χ0v) is 13.3. The molecule has 0 spiro atoms. The molecule has 4 N–H and O–H groups in total. The van der Waals surface area contributed by atoms with Crippen LogP contribution >= 0.6 is 0 Å². The first-order valence-corrected chi connectivity index (χ1v) is 7.64. The zero-order valence-electron chi connectivity index (χ0n) is 13.3. The van der Waals surface area contributed by atoms with E-state index in [1.807, 2.05) is 0 Å². The second kappa shape index (κ2) is 6.98. The molecule has 1 fully saturated rings. The number of aliphatic hydroxyl groups excluding tert-OH is 4. The van der Waals surface area contributed by atoms with Crippen molar-refractivity contribution in [2.24, 2.45) is 0 Å². The fraction of sp³-hybridized carbons (Fsp3) is 0.438. The molecular formula is C16H19NO8. The Morgan fingerprint density at radius 2 is 1.92 bits per heavy atom. The van der Waals surface area contributed by atoms with Crippen molar-refractivity contribution in [3.05, 3.63) is 36.0 Å². The fourth-order valence-corrected chi connectivity index (χ4v) is 2.78. The number of aromatic nitrogens is 1. The fourth-order valence-electron chi connectivity index (χ4n) is 2.78. The number of carbonyl (C=O) groups excluding carboxylic acids is 1. The summed E-state index contributed by atoms with van der Waals surface area (Å²) < 4.78 is 11.3. The van der Waals surface area contributed by atoms with E-state index in [1.54, 1.807) is 24.3 Å². The van der Waals surface area contributed by atoms with Crippen LogP contribution in [-0.2, 0) is 9.47 Å². The minimum absolute atomic E-state index is 0.252. The molecular weight excluding hydrogens is 334 g/mol. The first-order valence-electron chi connectivity index (χ1n) is 7.64. The molecule has 1 aromatic heterocycles. The first kappa shape index (κ1) is 17.6. The summed E-state index contributed by atoms with van der Waals surface area (Å²) in [6, 6.07) is 6.87. The molecule has 9 heteroatoms. The molecule has 0 amide bonds. The number of hydrogen-bond donors (Lipinski definition) is 4. The van der Waals surface area contributed by atoms with E-state index in [-0.39, 0.29) is 5.56 Å². The SMILES string of the molecule is COC(=O)c1cn(O[C@@H]2O[C@H](CO)[C@@H](O)[C@H](O)[C@H]2O)c2ccccc12. The summed E-state index contributed by atoms with van der Waals surface area (Å²) in [5, 5.41) is 39.5. The van der Waals surface area contributed by atoms with E-state index in [0.717, 1.165) is 0 Å². The summed E-state index contributed by atoms with van der Waals surface area (Å²) in [4.78, 5) is 17.5. The van der Waals surface area contributed by atoms with Gasteiger partial charge >= 0.3 is 5.97 Å². The van der Waals surface area contributed by atoms with Gasteiger partial charge in [-0.1, -0.05) is 18.2 Å². The van der Waals surface area contributed by atoms with Crippen LogP contribution in [0.15, 0.2) is 30.5 Å². The van der Waals surface area contributed by atoms with Crippen LogP contribution in [0, 0.1) is 0 Å². The van der Waals surface area contributed by atoms with Gasteiger partial charge in [0.05, 0.1) is 31.0 Å². The number of rotatable bonds is 4. The number of hydrogen-bond acceptors (Lipinski definition) is 8. The van der Waals surface area contributed by atoms with E-state index in [4.69, 9.17) is 14.3 Å². The van der Waals surface area contributed by atoms with Crippen LogP contribution in [0.25, 0.3) is 10.9 Å². The van der Waals surface area contributed by atoms with E-state index < -0.39 is 43.3 Å². The molecule has 9 nitrogen and oxygen atoms in total. The summed E-state index contributed by atoms with van der Waals surface area (Å²) in [5.74, 6) is -0.563. The third-order valence-corrected chi connectivity index (χ3v) is 4.15. The number of fused-ring (bicyclic) bond motifs is 1. The van der Waals surface area contributed by atoms with Gasteiger partial charge < -0.3 is 34.7 Å². The van der Waals surface area contributed by atoms with E-state index in [9.17, 15) is 25.2 Å². The van der Waals surface area contributed by atoms with Crippen molar-refractivity contribution in [1.29, 1.82) is 0 Å². The molecule has 0 unspecified atom stereocenters. The van der Waals surface area contributed by atoms with Crippen LogP contribution in [0.4, 0.5) is 0 Å². The molecule has 1 aliphatic rings. The summed E-state index contributed by atoms with van der Waals surface area (Å²) >= 11 is 0. The van der Waals surface area contributed by atoms with Crippen molar-refractivity contribution in [2.75, 3.05) is 13.7 Å². The van der Waals surface area contributed by atoms with Gasteiger partial charge in [-0.05, 0) is 6.07 Å². The number of benzene rings is 1. The Labute approximate surface area is 142 Å². The highest BCUT2D eigenvalue weighted by atomic mass is 16.8. The Kier molecular flexibility index (Phi) is 4.93. The topological polar surface area (TPSA) is 131 Å². The zero-order chi connectivity index (χ0) is 18.1. The average molecular weight is 353 g/mol. The lowest BCUT2D eigenvalue weighted by molar-refractivity contribution is -0.299. The maximum Gasteiger partial charge on any atom is 0.340 e. The van der Waals surface area contributed by atoms with Crippen LogP contribution in [0.2, 0.25) is 0 Å². The average Bonchev–Trinajstić information content (AvgIpc) is 3.00. The van der Waals surface area contributed by atoms with Crippen LogP contribution in [0.3, 0.4) is 0 Å². The predicted molar refractivity (Wildman–Crippen MR) is 83.6 cm³/mol. The Morgan fingerprint density at radius 1 is 1.20 bits per heavy atom. The van der Waals surface area contributed by atoms with Crippen molar-refractivity contribution >= 4 is 16.9 Å². The minimum atomic E-state index is -1.56. The highest BCUT2D eigenvalue weighted by Gasteiger charge is 2.45. The first-order chi connectivity index (χ1) is 12.0. The van der Waals surface area contributed by atoms with Gasteiger partial charge in [0.1, 0.15) is 24.4 Å². The van der Waals surface area contributed by atoms with Gasteiger partial charge in [-0.2, -0.15) is 4.73 Å². The number of aliphatic hydroxyl groups is 4. The van der Waals surface area contributed by atoms with E-state index >= 15 is 0 Å². The smallest absolute Gasteiger partial charge is 0.340 e. The van der Waals surface area contributed by atoms with Crippen molar-refractivity contribution in [2.45, 2.75) is 30.7 Å². The van der Waals surface area contributed by atoms with Crippen LogP contribution in [0.1, 0.15) is 10.4 Å². The van der Waals surface area contributed by atoms with Crippen LogP contribution in [-0.4, -0.2) is 75.5 Å². The van der Waals surface area contributed by atoms with Gasteiger partial charge in [-0.25, -0.2) is 4.79 Å². The van der Waals surface area contributed by atoms with E-state index in [2.05, 4.69) is 0 Å². The highest BCUT2D eigenvalue weighted by molar-refractivity contribution is 6.04. The Balaban J connectivity index is 1.93. The van der Waals surface area contributed by atoms with Gasteiger partial charge in [0.25, 0.3) is 6.29 Å². The Hall–Kier alpha value is -2.17. The third kappa shape index (κ3) is 3.08. The number of para-hydroxylation sites is 1. The van der Waals surface area contributed by atoms with E-state index in [1.165, 1.54) is 18.0 Å². The number of ether oxygens (including phenoxy) is 2. The third-order valence-electron chi connectivity index (χ3n) is 4.15. The molecule has 1 aliphatic heterocycles. The van der Waals surface area contributed by atoms with Crippen molar-refractivity contribution in [1.82, 2.24) is 4.73 Å². The molecule has 2 heterocycles. The maximum atomic E-state index is 11.9. The van der Waals surface area contributed by atoms with Gasteiger partial charge in [-0.3, -0.25) is 0 Å². The molecule has 5 atom stereocenters. The molecule has 0 bridgehead atoms. The van der Waals surface area contributed by atoms with Gasteiger partial charge in [0.15, 0.2) is 0 Å². The monoisotopic (exact) mass is 353 g/mol. The quantitative estimate of drug-likeness (QED) is 0.497. The summed E-state index contributed by atoms with van der Waals surface area (Å²) in [6.45, 7) is -0.565. The molecule has 1 saturated heterocycles. The molecule has 3 rings (SSSR count). The molecule has 2 aromatic rings. The Bertz CT molecular complexity index is 758. The highest BCUT2D eigenvalue weighted by Crippen LogP contribution is 2.24. The van der Waals surface area contributed by atoms with Crippen molar-refractivity contribution < 1.29 is 39.5 Å². The molecule has 1 aromatic carbocycles. The molecule has 0 saturated carbocycles. The lowest BCUT2D eigenvalue weighted by Crippen LogP contribution is -2.61. The second-order valence-corrected chi connectivity index (χ2v) is 5.68. The van der Waals surface area contributed by atoms with Gasteiger partial charge in [-0.15, -0.1) is 0 Å². The lowest BCUT2D eigenvalue weighted by atomic mass is 9.99. The Morgan fingerprint density at radius 3 is 2.60 bits per heavy atom. The number of nitrogens with zero attached hydrogens (tertiary/aromatic N) is 1.